The second-order valence-electron chi connectivity index (χ2n) is 3.65. The molecule has 0 radical (unpaired) electrons. The van der Waals surface area contributed by atoms with Crippen molar-refractivity contribution in [2.24, 2.45) is 5.73 Å². The van der Waals surface area contributed by atoms with Gasteiger partial charge in [-0.1, -0.05) is 13.0 Å². The second kappa shape index (κ2) is 4.93. The molecule has 1 aromatic carbocycles. The van der Waals surface area contributed by atoms with Crippen LogP contribution in [-0.4, -0.2) is 12.5 Å². The van der Waals surface area contributed by atoms with Crippen molar-refractivity contribution >= 4 is 21.8 Å². The summed E-state index contributed by atoms with van der Waals surface area (Å²) in [5.41, 5.74) is 5.02. The van der Waals surface area contributed by atoms with E-state index in [0.717, 1.165) is 0 Å². The van der Waals surface area contributed by atoms with Crippen molar-refractivity contribution in [1.29, 1.82) is 0 Å². The summed E-state index contributed by atoms with van der Waals surface area (Å²) in [5, 5.41) is 3.00. The van der Waals surface area contributed by atoms with E-state index in [1.807, 2.05) is 6.92 Å². The van der Waals surface area contributed by atoms with Crippen LogP contribution in [0.25, 0.3) is 0 Å². The van der Waals surface area contributed by atoms with Gasteiger partial charge < -0.3 is 11.1 Å². The molecule has 0 aliphatic carbocycles. The molecule has 0 aromatic heterocycles. The predicted octanol–water partition coefficient (Wildman–Crippen LogP) is 1.90. The molecule has 3 nitrogen and oxygen atoms in total. The molecule has 1 atom stereocenters. The van der Waals surface area contributed by atoms with Gasteiger partial charge in [-0.25, -0.2) is 4.39 Å². The van der Waals surface area contributed by atoms with Crippen LogP contribution in [0.5, 0.6) is 0 Å². The first-order chi connectivity index (χ1) is 7.41. The highest BCUT2D eigenvalue weighted by Gasteiger charge is 2.32. The molecule has 1 aromatic rings. The van der Waals surface area contributed by atoms with E-state index in [2.05, 4.69) is 21.2 Å². The van der Waals surface area contributed by atoms with Gasteiger partial charge in [0.15, 0.2) is 0 Å². The van der Waals surface area contributed by atoms with E-state index < -0.39 is 11.4 Å². The van der Waals surface area contributed by atoms with Gasteiger partial charge in [-0.2, -0.15) is 0 Å². The number of rotatable bonds is 4. The van der Waals surface area contributed by atoms with Crippen molar-refractivity contribution in [3.63, 3.8) is 0 Å². The number of likely N-dealkylation sites (N-methyl/N-ethyl adjacent to an activating group) is 1. The van der Waals surface area contributed by atoms with Crippen LogP contribution in [0.15, 0.2) is 22.7 Å². The van der Waals surface area contributed by atoms with Crippen LogP contribution in [0.3, 0.4) is 0 Å². The molecule has 0 bridgehead atoms. The summed E-state index contributed by atoms with van der Waals surface area (Å²) in [6.07, 6.45) is 0. The minimum atomic E-state index is -0.981. The molecular formula is C11H14BrFN2O. The van der Waals surface area contributed by atoms with E-state index in [9.17, 15) is 9.18 Å². The number of amides is 1. The zero-order valence-corrected chi connectivity index (χ0v) is 10.8. The Hall–Kier alpha value is -0.940. The number of nitrogens with two attached hydrogens (primary N) is 1. The van der Waals surface area contributed by atoms with E-state index in [0.29, 0.717) is 16.6 Å². The summed E-state index contributed by atoms with van der Waals surface area (Å²) in [6.45, 7) is 4.15. The highest BCUT2D eigenvalue weighted by Crippen LogP contribution is 2.25. The first kappa shape index (κ1) is 13.1. The Morgan fingerprint density at radius 1 is 1.62 bits per heavy atom. The smallest absolute Gasteiger partial charge is 0.242 e. The fourth-order valence-corrected chi connectivity index (χ4v) is 1.87. The minimum Gasteiger partial charge on any atom is -0.368 e. The van der Waals surface area contributed by atoms with Crippen molar-refractivity contribution < 1.29 is 9.18 Å². The molecule has 0 saturated carbocycles. The molecule has 1 unspecified atom stereocenters. The molecule has 0 aliphatic heterocycles. The number of nitrogens with one attached hydrogen (secondary N) is 1. The van der Waals surface area contributed by atoms with Crippen LogP contribution in [0.2, 0.25) is 0 Å². The van der Waals surface area contributed by atoms with E-state index in [1.54, 1.807) is 19.1 Å². The molecule has 0 fully saturated rings. The van der Waals surface area contributed by atoms with Crippen molar-refractivity contribution in [2.75, 3.05) is 6.54 Å². The van der Waals surface area contributed by atoms with Gasteiger partial charge >= 0.3 is 0 Å². The zero-order chi connectivity index (χ0) is 12.3. The van der Waals surface area contributed by atoms with Gasteiger partial charge in [-0.05, 0) is 47.1 Å². The Kier molecular flexibility index (Phi) is 4.04. The molecular weight excluding hydrogens is 275 g/mol. The Morgan fingerprint density at radius 3 is 2.69 bits per heavy atom. The Morgan fingerprint density at radius 2 is 2.25 bits per heavy atom. The van der Waals surface area contributed by atoms with Crippen molar-refractivity contribution in [1.82, 2.24) is 5.32 Å². The Bertz CT molecular complexity index is 411. The summed E-state index contributed by atoms with van der Waals surface area (Å²) in [5.74, 6) is -0.861. The maximum atomic E-state index is 13.1. The third kappa shape index (κ3) is 2.41. The molecule has 5 heteroatoms. The Balaban J connectivity index is 3.21. The number of benzene rings is 1. The fourth-order valence-electron chi connectivity index (χ4n) is 1.49. The third-order valence-electron chi connectivity index (χ3n) is 2.52. The number of primary amides is 1. The molecule has 1 amide bonds. The quantitative estimate of drug-likeness (QED) is 0.889. The summed E-state index contributed by atoms with van der Waals surface area (Å²) in [6, 6.07) is 4.41. The SMILES string of the molecule is CCNC(C)(C(N)=O)c1ccc(F)c(Br)c1. The van der Waals surface area contributed by atoms with Gasteiger partial charge in [-0.15, -0.1) is 0 Å². The Labute approximate surface area is 102 Å². The first-order valence-electron chi connectivity index (χ1n) is 4.92. The highest BCUT2D eigenvalue weighted by molar-refractivity contribution is 9.10. The molecule has 1 rings (SSSR count). The van der Waals surface area contributed by atoms with Crippen molar-refractivity contribution in [2.45, 2.75) is 19.4 Å². The van der Waals surface area contributed by atoms with Gasteiger partial charge in [-0.3, -0.25) is 4.79 Å². The van der Waals surface area contributed by atoms with Gasteiger partial charge in [0.2, 0.25) is 5.91 Å². The summed E-state index contributed by atoms with van der Waals surface area (Å²) >= 11 is 3.08. The standard InChI is InChI=1S/C11H14BrFN2O/c1-3-15-11(2,10(14)16)7-4-5-9(13)8(12)6-7/h4-6,15H,3H2,1-2H3,(H2,14,16). The predicted molar refractivity (Wildman–Crippen MR) is 64.3 cm³/mol. The van der Waals surface area contributed by atoms with Crippen LogP contribution in [0.4, 0.5) is 4.39 Å². The average Bonchev–Trinajstić information content (AvgIpc) is 2.22. The first-order valence-corrected chi connectivity index (χ1v) is 5.71. The van der Waals surface area contributed by atoms with Gasteiger partial charge in [0, 0.05) is 0 Å². The molecule has 0 saturated heterocycles. The molecule has 0 heterocycles. The van der Waals surface area contributed by atoms with Crippen molar-refractivity contribution in [3.05, 3.63) is 34.1 Å². The van der Waals surface area contributed by atoms with Gasteiger partial charge in [0.25, 0.3) is 0 Å². The maximum Gasteiger partial charge on any atom is 0.242 e. The van der Waals surface area contributed by atoms with E-state index in [-0.39, 0.29) is 5.82 Å². The van der Waals surface area contributed by atoms with Gasteiger partial charge in [0.1, 0.15) is 11.4 Å². The molecule has 0 aliphatic rings. The lowest BCUT2D eigenvalue weighted by atomic mass is 9.91. The summed E-state index contributed by atoms with van der Waals surface area (Å²) in [7, 11) is 0. The monoisotopic (exact) mass is 288 g/mol. The lowest BCUT2D eigenvalue weighted by molar-refractivity contribution is -0.124. The lowest BCUT2D eigenvalue weighted by Gasteiger charge is -2.27. The van der Waals surface area contributed by atoms with Gasteiger partial charge in [0.05, 0.1) is 4.47 Å². The van der Waals surface area contributed by atoms with Crippen molar-refractivity contribution in [3.8, 4) is 0 Å². The largest absolute Gasteiger partial charge is 0.368 e. The van der Waals surface area contributed by atoms with Crippen LogP contribution >= 0.6 is 15.9 Å². The van der Waals surface area contributed by atoms with Crippen LogP contribution in [0, 0.1) is 5.82 Å². The number of carbonyl (C=O) groups excluding carboxylic acids is 1. The minimum absolute atomic E-state index is 0.315. The third-order valence-corrected chi connectivity index (χ3v) is 3.13. The number of hydrogen-bond acceptors (Lipinski definition) is 2. The molecule has 0 spiro atoms. The van der Waals surface area contributed by atoms with E-state index in [4.69, 9.17) is 5.73 Å². The molecule has 88 valence electrons. The van der Waals surface area contributed by atoms with Crippen LogP contribution < -0.4 is 11.1 Å². The number of hydrogen-bond donors (Lipinski definition) is 2. The van der Waals surface area contributed by atoms with Crippen LogP contribution in [-0.2, 0) is 10.3 Å². The lowest BCUT2D eigenvalue weighted by Crippen LogP contribution is -2.50. The fraction of sp³-hybridized carbons (Fsp3) is 0.364. The van der Waals surface area contributed by atoms with E-state index in [1.165, 1.54) is 6.07 Å². The van der Waals surface area contributed by atoms with E-state index >= 15 is 0 Å². The highest BCUT2D eigenvalue weighted by atomic mass is 79.9. The summed E-state index contributed by atoms with van der Waals surface area (Å²) in [4.78, 5) is 11.5. The normalized spacial score (nSPS) is 14.5. The topological polar surface area (TPSA) is 55.1 Å². The number of halogens is 2. The average molecular weight is 289 g/mol. The number of carbonyl (C=O) groups is 1. The van der Waals surface area contributed by atoms with Crippen LogP contribution in [0.1, 0.15) is 19.4 Å². The zero-order valence-electron chi connectivity index (χ0n) is 9.18. The molecule has 3 N–H and O–H groups in total. The maximum absolute atomic E-state index is 13.1. The second-order valence-corrected chi connectivity index (χ2v) is 4.50. The molecule has 16 heavy (non-hydrogen) atoms. The summed E-state index contributed by atoms with van der Waals surface area (Å²) < 4.78 is 13.4.